The molecule has 0 saturated carbocycles. The third-order valence-electron chi connectivity index (χ3n) is 2.92. The molecule has 1 aromatic rings. The van der Waals surface area contributed by atoms with Gasteiger partial charge in [0.05, 0.1) is 18.4 Å². The van der Waals surface area contributed by atoms with Gasteiger partial charge in [0.2, 0.25) is 10.0 Å². The molecular formula is C14H24N2O4S. The largest absolute Gasteiger partial charge is 0.382 e. The second kappa shape index (κ2) is 8.99. The van der Waals surface area contributed by atoms with Crippen LogP contribution in [0.4, 0.5) is 5.69 Å². The van der Waals surface area contributed by atoms with E-state index in [1.165, 1.54) is 0 Å². The number of para-hydroxylation sites is 1. The summed E-state index contributed by atoms with van der Waals surface area (Å²) >= 11 is 0. The second-order valence-electron chi connectivity index (χ2n) is 4.59. The van der Waals surface area contributed by atoms with Crippen molar-refractivity contribution in [3.8, 4) is 0 Å². The molecule has 0 spiro atoms. The van der Waals surface area contributed by atoms with Gasteiger partial charge in [-0.2, -0.15) is 0 Å². The first-order valence-electron chi connectivity index (χ1n) is 6.89. The van der Waals surface area contributed by atoms with E-state index >= 15 is 0 Å². The van der Waals surface area contributed by atoms with Gasteiger partial charge < -0.3 is 14.8 Å². The summed E-state index contributed by atoms with van der Waals surface area (Å²) in [5.74, 6) is 0. The van der Waals surface area contributed by atoms with Gasteiger partial charge in [-0.25, -0.2) is 13.1 Å². The van der Waals surface area contributed by atoms with Crippen molar-refractivity contribution in [3.05, 3.63) is 24.3 Å². The van der Waals surface area contributed by atoms with Crippen LogP contribution in [0.3, 0.4) is 0 Å². The molecular weight excluding hydrogens is 292 g/mol. The number of sulfonamides is 1. The van der Waals surface area contributed by atoms with Crippen LogP contribution >= 0.6 is 0 Å². The average molecular weight is 316 g/mol. The number of methoxy groups -OCH3 is 2. The summed E-state index contributed by atoms with van der Waals surface area (Å²) in [5, 5.41) is 3.11. The highest BCUT2D eigenvalue weighted by molar-refractivity contribution is 7.89. The fourth-order valence-corrected chi connectivity index (χ4v) is 3.10. The minimum atomic E-state index is -3.50. The van der Waals surface area contributed by atoms with Crippen molar-refractivity contribution < 1.29 is 17.9 Å². The van der Waals surface area contributed by atoms with E-state index in [0.717, 1.165) is 6.42 Å². The van der Waals surface area contributed by atoms with Gasteiger partial charge in [-0.3, -0.25) is 0 Å². The quantitative estimate of drug-likeness (QED) is 0.683. The molecule has 7 heteroatoms. The van der Waals surface area contributed by atoms with E-state index in [9.17, 15) is 8.42 Å². The zero-order chi connectivity index (χ0) is 15.7. The van der Waals surface area contributed by atoms with Crippen molar-refractivity contribution in [3.63, 3.8) is 0 Å². The lowest BCUT2D eigenvalue weighted by molar-refractivity contribution is 0.0365. The lowest BCUT2D eigenvalue weighted by atomic mass is 10.3. The number of rotatable bonds is 10. The number of nitrogens with one attached hydrogen (secondary N) is 2. The highest BCUT2D eigenvalue weighted by Crippen LogP contribution is 2.20. The van der Waals surface area contributed by atoms with Crippen LogP contribution in [0.2, 0.25) is 0 Å². The minimum absolute atomic E-state index is 0.144. The van der Waals surface area contributed by atoms with Crippen LogP contribution < -0.4 is 10.0 Å². The Hall–Kier alpha value is -1.15. The molecule has 0 radical (unpaired) electrons. The van der Waals surface area contributed by atoms with Crippen LogP contribution in [-0.2, 0) is 19.5 Å². The summed E-state index contributed by atoms with van der Waals surface area (Å²) in [6.07, 6.45) is 0.600. The molecule has 1 unspecified atom stereocenters. The molecule has 1 aromatic carbocycles. The third kappa shape index (κ3) is 5.62. The van der Waals surface area contributed by atoms with Crippen LogP contribution in [0.15, 0.2) is 29.2 Å². The van der Waals surface area contributed by atoms with Gasteiger partial charge >= 0.3 is 0 Å². The molecule has 1 atom stereocenters. The van der Waals surface area contributed by atoms with Gasteiger partial charge in [0.25, 0.3) is 0 Å². The molecule has 0 aliphatic heterocycles. The van der Waals surface area contributed by atoms with Crippen molar-refractivity contribution in [1.29, 1.82) is 0 Å². The van der Waals surface area contributed by atoms with Gasteiger partial charge in [-0.05, 0) is 18.6 Å². The highest BCUT2D eigenvalue weighted by atomic mass is 32.2. The average Bonchev–Trinajstić information content (AvgIpc) is 2.49. The summed E-state index contributed by atoms with van der Waals surface area (Å²) in [4.78, 5) is 0.241. The van der Waals surface area contributed by atoms with E-state index in [0.29, 0.717) is 25.4 Å². The molecule has 21 heavy (non-hydrogen) atoms. The Balaban J connectivity index is 2.84. The molecule has 0 aromatic heterocycles. The molecule has 2 N–H and O–H groups in total. The molecule has 120 valence electrons. The summed E-state index contributed by atoms with van der Waals surface area (Å²) < 4.78 is 37.3. The Morgan fingerprint density at radius 3 is 2.57 bits per heavy atom. The van der Waals surface area contributed by atoms with Crippen LogP contribution in [0.5, 0.6) is 0 Å². The highest BCUT2D eigenvalue weighted by Gasteiger charge is 2.18. The van der Waals surface area contributed by atoms with Gasteiger partial charge in [0.15, 0.2) is 0 Å². The maximum absolute atomic E-state index is 12.2. The molecule has 0 bridgehead atoms. The zero-order valence-corrected chi connectivity index (χ0v) is 13.6. The van der Waals surface area contributed by atoms with E-state index in [-0.39, 0.29) is 11.0 Å². The molecule has 1 rings (SSSR count). The lowest BCUT2D eigenvalue weighted by Crippen LogP contribution is -2.29. The Kier molecular flexibility index (Phi) is 7.66. The van der Waals surface area contributed by atoms with Gasteiger partial charge in [-0.1, -0.05) is 19.1 Å². The normalized spacial score (nSPS) is 13.1. The number of anilines is 1. The van der Waals surface area contributed by atoms with Crippen molar-refractivity contribution in [1.82, 2.24) is 4.72 Å². The van der Waals surface area contributed by atoms with E-state index in [1.807, 2.05) is 6.92 Å². The second-order valence-corrected chi connectivity index (χ2v) is 6.32. The molecule has 0 heterocycles. The number of hydrogen-bond acceptors (Lipinski definition) is 5. The van der Waals surface area contributed by atoms with Crippen molar-refractivity contribution in [2.45, 2.75) is 24.3 Å². The fourth-order valence-electron chi connectivity index (χ4n) is 1.78. The van der Waals surface area contributed by atoms with Gasteiger partial charge in [-0.15, -0.1) is 0 Å². The van der Waals surface area contributed by atoms with Crippen molar-refractivity contribution >= 4 is 15.7 Å². The summed E-state index contributed by atoms with van der Waals surface area (Å²) in [6.45, 7) is 3.23. The molecule has 0 amide bonds. The van der Waals surface area contributed by atoms with Gasteiger partial charge in [0.1, 0.15) is 4.90 Å². The summed E-state index contributed by atoms with van der Waals surface area (Å²) in [5.41, 5.74) is 0.555. The van der Waals surface area contributed by atoms with Gasteiger partial charge in [0, 0.05) is 27.3 Å². The van der Waals surface area contributed by atoms with E-state index in [2.05, 4.69) is 10.0 Å². The summed E-state index contributed by atoms with van der Waals surface area (Å²) in [6, 6.07) is 6.81. The maximum atomic E-state index is 12.2. The summed E-state index contributed by atoms with van der Waals surface area (Å²) in [7, 11) is -0.314. The standard InChI is InChI=1S/C14H24N2O4S/c1-4-9-16-21(17,18)14-8-6-5-7-13(14)15-10-12(20-3)11-19-2/h5-8,12,15-16H,4,9-11H2,1-3H3. The molecule has 0 saturated heterocycles. The topological polar surface area (TPSA) is 76.7 Å². The SMILES string of the molecule is CCCNS(=O)(=O)c1ccccc1NCC(COC)OC. The smallest absolute Gasteiger partial charge is 0.242 e. The first-order valence-corrected chi connectivity index (χ1v) is 8.37. The van der Waals surface area contributed by atoms with E-state index in [4.69, 9.17) is 9.47 Å². The Bertz CT molecular complexity index is 519. The number of benzene rings is 1. The zero-order valence-electron chi connectivity index (χ0n) is 12.8. The van der Waals surface area contributed by atoms with E-state index < -0.39 is 10.0 Å². The predicted octanol–water partition coefficient (Wildman–Crippen LogP) is 1.45. The first-order chi connectivity index (χ1) is 10.0. The Morgan fingerprint density at radius 1 is 1.24 bits per heavy atom. The minimum Gasteiger partial charge on any atom is -0.382 e. The third-order valence-corrected chi connectivity index (χ3v) is 4.44. The lowest BCUT2D eigenvalue weighted by Gasteiger charge is -2.18. The Labute approximate surface area is 126 Å². The van der Waals surface area contributed by atoms with Crippen LogP contribution in [0.25, 0.3) is 0 Å². The first kappa shape index (κ1) is 17.9. The molecule has 0 fully saturated rings. The maximum Gasteiger partial charge on any atom is 0.242 e. The van der Waals surface area contributed by atoms with Crippen LogP contribution in [-0.4, -0.2) is 48.4 Å². The molecule has 0 aliphatic carbocycles. The Morgan fingerprint density at radius 2 is 1.95 bits per heavy atom. The number of ether oxygens (including phenoxy) is 2. The molecule has 0 aliphatic rings. The van der Waals surface area contributed by atoms with Crippen molar-refractivity contribution in [2.75, 3.05) is 39.2 Å². The van der Waals surface area contributed by atoms with E-state index in [1.54, 1.807) is 38.5 Å². The predicted molar refractivity (Wildman–Crippen MR) is 83.1 cm³/mol. The van der Waals surface area contributed by atoms with Crippen molar-refractivity contribution in [2.24, 2.45) is 0 Å². The monoisotopic (exact) mass is 316 g/mol. The fraction of sp³-hybridized carbons (Fsp3) is 0.571. The number of hydrogen-bond donors (Lipinski definition) is 2. The van der Waals surface area contributed by atoms with Crippen LogP contribution in [0, 0.1) is 0 Å². The van der Waals surface area contributed by atoms with Crippen LogP contribution in [0.1, 0.15) is 13.3 Å². The molecule has 6 nitrogen and oxygen atoms in total.